The van der Waals surface area contributed by atoms with E-state index in [1.807, 2.05) is 6.26 Å². The summed E-state index contributed by atoms with van der Waals surface area (Å²) in [4.78, 5) is 19.1. The van der Waals surface area contributed by atoms with Gasteiger partial charge in [-0.1, -0.05) is 0 Å². The Balaban J connectivity index is -0.000000202. The number of carboxylic acids is 2. The molecule has 0 bridgehead atoms. The first-order valence-electron chi connectivity index (χ1n) is 4.03. The maximum absolute atomic E-state index is 10.1. The van der Waals surface area contributed by atoms with Gasteiger partial charge >= 0.3 is 5.97 Å². The van der Waals surface area contributed by atoms with Crippen molar-refractivity contribution in [2.24, 2.45) is 5.73 Å². The molecule has 0 radical (unpaired) electrons. The van der Waals surface area contributed by atoms with E-state index >= 15 is 0 Å². The molecule has 0 aliphatic carbocycles. The number of aliphatic hydroxyl groups excluding tert-OH is 1. The topological polar surface area (TPSA) is 121 Å². The molecular weight excluding hydrogens is 222 g/mol. The van der Waals surface area contributed by atoms with Crippen LogP contribution in [-0.2, 0) is 9.59 Å². The maximum Gasteiger partial charge on any atom is 0.320 e. The number of hydrogen-bond acceptors (Lipinski definition) is 5. The van der Waals surface area contributed by atoms with Gasteiger partial charge in [0.1, 0.15) is 6.04 Å². The van der Waals surface area contributed by atoms with Crippen LogP contribution in [0.4, 0.5) is 0 Å². The fourth-order valence-corrected chi connectivity index (χ4v) is 0.858. The average Bonchev–Trinajstić information content (AvgIpc) is 2.16. The molecule has 5 N–H and O–H groups in total. The van der Waals surface area contributed by atoms with E-state index < -0.39 is 18.0 Å². The van der Waals surface area contributed by atoms with Gasteiger partial charge in [-0.3, -0.25) is 9.59 Å². The van der Waals surface area contributed by atoms with Crippen molar-refractivity contribution in [2.75, 3.05) is 19.1 Å². The minimum absolute atomic E-state index is 0.552. The van der Waals surface area contributed by atoms with Crippen LogP contribution in [0.3, 0.4) is 0 Å². The summed E-state index contributed by atoms with van der Waals surface area (Å²) in [6, 6.07) is -0.683. The van der Waals surface area contributed by atoms with Crippen molar-refractivity contribution < 1.29 is 24.9 Å². The molecule has 15 heavy (non-hydrogen) atoms. The number of hydrogen-bond donors (Lipinski definition) is 4. The molecule has 0 amide bonds. The first kappa shape index (κ1) is 19.7. The van der Waals surface area contributed by atoms with E-state index in [-0.39, 0.29) is 0 Å². The number of carbonyl (C=O) groups is 2. The predicted molar refractivity (Wildman–Crippen MR) is 60.1 cm³/mol. The van der Waals surface area contributed by atoms with Gasteiger partial charge in [-0.2, -0.15) is 11.8 Å². The third-order valence-electron chi connectivity index (χ3n) is 0.950. The lowest BCUT2D eigenvalue weighted by molar-refractivity contribution is -0.138. The molecule has 0 saturated heterocycles. The lowest BCUT2D eigenvalue weighted by atomic mass is 10.2. The first-order valence-corrected chi connectivity index (χ1v) is 5.42. The number of thioether (sulfide) groups is 1. The molecule has 0 fully saturated rings. The average molecular weight is 241 g/mol. The van der Waals surface area contributed by atoms with E-state index in [4.69, 9.17) is 25.8 Å². The Morgan fingerprint density at radius 3 is 1.87 bits per heavy atom. The summed E-state index contributed by atoms with van der Waals surface area (Å²) in [6.07, 6.45) is 2.48. The molecule has 1 atom stereocenters. The standard InChI is InChI=1S/C5H11NO2S.C2H4O2.CH4O/c1-9-3-2-4(6)5(7)8;1-2(3)4;1-2/h4H,2-3,6H2,1H3,(H,7,8);1H3,(H,3,4);2H,1H3/t4-;;/m0../s1. The van der Waals surface area contributed by atoms with Crippen LogP contribution in [0.1, 0.15) is 13.3 Å². The van der Waals surface area contributed by atoms with Crippen LogP contribution in [0.5, 0.6) is 0 Å². The van der Waals surface area contributed by atoms with Gasteiger partial charge in [0.05, 0.1) is 0 Å². The predicted octanol–water partition coefficient (Wildman–Crippen LogP) is -0.149. The van der Waals surface area contributed by atoms with E-state index in [0.29, 0.717) is 6.42 Å². The molecule has 0 aliphatic rings. The van der Waals surface area contributed by atoms with Crippen molar-refractivity contribution in [2.45, 2.75) is 19.4 Å². The summed E-state index contributed by atoms with van der Waals surface area (Å²) < 4.78 is 0. The highest BCUT2D eigenvalue weighted by molar-refractivity contribution is 7.98. The Bertz CT molecular complexity index is 161. The Hall–Kier alpha value is -0.790. The molecule has 0 rings (SSSR count). The summed E-state index contributed by atoms with van der Waals surface area (Å²) in [5.74, 6) is -0.933. The number of aliphatic carboxylic acids is 2. The molecule has 0 aliphatic heterocycles. The van der Waals surface area contributed by atoms with Crippen LogP contribution in [0, 0.1) is 0 Å². The minimum atomic E-state index is -0.913. The molecule has 0 spiro atoms. The van der Waals surface area contributed by atoms with E-state index in [0.717, 1.165) is 19.8 Å². The van der Waals surface area contributed by atoms with E-state index in [1.54, 1.807) is 11.8 Å². The maximum atomic E-state index is 10.1. The van der Waals surface area contributed by atoms with Crippen LogP contribution in [0.2, 0.25) is 0 Å². The first-order chi connectivity index (χ1) is 6.91. The second-order valence-electron chi connectivity index (χ2n) is 2.25. The zero-order valence-corrected chi connectivity index (χ0v) is 9.95. The quantitative estimate of drug-likeness (QED) is 0.540. The summed E-state index contributed by atoms with van der Waals surface area (Å²) in [5, 5.41) is 22.7. The summed E-state index contributed by atoms with van der Waals surface area (Å²) >= 11 is 1.60. The molecule has 92 valence electrons. The highest BCUT2D eigenvalue weighted by Gasteiger charge is 2.08. The number of nitrogens with two attached hydrogens (primary N) is 1. The van der Waals surface area contributed by atoms with Gasteiger partial charge in [-0.25, -0.2) is 0 Å². The van der Waals surface area contributed by atoms with Crippen molar-refractivity contribution in [1.29, 1.82) is 0 Å². The smallest absolute Gasteiger partial charge is 0.320 e. The van der Waals surface area contributed by atoms with Crippen molar-refractivity contribution in [1.82, 2.24) is 0 Å². The van der Waals surface area contributed by atoms with E-state index in [1.165, 1.54) is 0 Å². The third kappa shape index (κ3) is 31.9. The van der Waals surface area contributed by atoms with Gasteiger partial charge in [0.15, 0.2) is 0 Å². The molecular formula is C8H19NO5S. The fourth-order valence-electron chi connectivity index (χ4n) is 0.368. The van der Waals surface area contributed by atoms with Gasteiger partial charge < -0.3 is 21.1 Å². The molecule has 0 aromatic rings. The summed E-state index contributed by atoms with van der Waals surface area (Å²) in [6.45, 7) is 1.08. The largest absolute Gasteiger partial charge is 0.481 e. The highest BCUT2D eigenvalue weighted by Crippen LogP contribution is 1.97. The van der Waals surface area contributed by atoms with Crippen molar-refractivity contribution >= 4 is 23.7 Å². The Kier molecular flexibility index (Phi) is 20.6. The van der Waals surface area contributed by atoms with Gasteiger partial charge in [-0.05, 0) is 18.4 Å². The monoisotopic (exact) mass is 241 g/mol. The molecule has 0 aromatic heterocycles. The molecule has 7 heteroatoms. The van der Waals surface area contributed by atoms with Gasteiger partial charge in [0, 0.05) is 14.0 Å². The third-order valence-corrected chi connectivity index (χ3v) is 1.59. The molecule has 0 saturated carbocycles. The van der Waals surface area contributed by atoms with Crippen LogP contribution in [-0.4, -0.2) is 52.4 Å². The normalized spacial score (nSPS) is 9.93. The zero-order chi connectivity index (χ0) is 12.9. The SMILES string of the molecule is CC(=O)O.CO.CSCC[C@H](N)C(=O)O. The lowest BCUT2D eigenvalue weighted by Crippen LogP contribution is -2.30. The molecule has 0 aromatic carbocycles. The Morgan fingerprint density at radius 1 is 1.33 bits per heavy atom. The summed E-state index contributed by atoms with van der Waals surface area (Å²) in [7, 11) is 1.00. The number of rotatable bonds is 4. The minimum Gasteiger partial charge on any atom is -0.481 e. The molecule has 0 unspecified atom stereocenters. The van der Waals surface area contributed by atoms with Crippen LogP contribution < -0.4 is 5.73 Å². The Labute approximate surface area is 93.5 Å². The summed E-state index contributed by atoms with van der Waals surface area (Å²) in [5.41, 5.74) is 5.19. The van der Waals surface area contributed by atoms with Crippen molar-refractivity contribution in [3.8, 4) is 0 Å². The van der Waals surface area contributed by atoms with E-state index in [2.05, 4.69) is 0 Å². The van der Waals surface area contributed by atoms with Crippen molar-refractivity contribution in [3.05, 3.63) is 0 Å². The van der Waals surface area contributed by atoms with Gasteiger partial charge in [-0.15, -0.1) is 0 Å². The fraction of sp³-hybridized carbons (Fsp3) is 0.750. The van der Waals surface area contributed by atoms with Crippen molar-refractivity contribution in [3.63, 3.8) is 0 Å². The lowest BCUT2D eigenvalue weighted by Gasteiger charge is -2.02. The van der Waals surface area contributed by atoms with E-state index in [9.17, 15) is 4.79 Å². The highest BCUT2D eigenvalue weighted by atomic mass is 32.2. The van der Waals surface area contributed by atoms with Gasteiger partial charge in [0.25, 0.3) is 5.97 Å². The van der Waals surface area contributed by atoms with Crippen LogP contribution in [0.15, 0.2) is 0 Å². The van der Waals surface area contributed by atoms with Crippen LogP contribution >= 0.6 is 11.8 Å². The second kappa shape index (κ2) is 15.7. The number of aliphatic hydroxyl groups is 1. The molecule has 6 nitrogen and oxygen atoms in total. The van der Waals surface area contributed by atoms with Gasteiger partial charge in [0.2, 0.25) is 0 Å². The van der Waals surface area contributed by atoms with Crippen LogP contribution in [0.25, 0.3) is 0 Å². The second-order valence-corrected chi connectivity index (χ2v) is 3.23. The number of carboxylic acid groups (broad SMARTS) is 2. The zero-order valence-electron chi connectivity index (χ0n) is 9.14. The molecule has 0 heterocycles. The Morgan fingerprint density at radius 2 is 1.67 bits per heavy atom.